The summed E-state index contributed by atoms with van der Waals surface area (Å²) in [6.07, 6.45) is 2.96. The lowest BCUT2D eigenvalue weighted by Gasteiger charge is -2.24. The Balaban J connectivity index is 1.49. The third-order valence-electron chi connectivity index (χ3n) is 4.72. The van der Waals surface area contributed by atoms with E-state index in [1.54, 1.807) is 4.68 Å². The molecule has 0 saturated carbocycles. The van der Waals surface area contributed by atoms with Gasteiger partial charge in [0.25, 0.3) is 0 Å². The van der Waals surface area contributed by atoms with Gasteiger partial charge in [-0.15, -0.1) is 0 Å². The van der Waals surface area contributed by atoms with E-state index in [9.17, 15) is 4.79 Å². The number of hydrogen-bond acceptors (Lipinski definition) is 3. The number of urea groups is 1. The monoisotopic (exact) mass is 341 g/mol. The molecule has 2 heterocycles. The Morgan fingerprint density at radius 1 is 1.32 bits per heavy atom. The van der Waals surface area contributed by atoms with Crippen LogP contribution in [0.3, 0.4) is 0 Å². The molecule has 1 unspecified atom stereocenters. The Hall–Kier alpha value is -2.34. The second-order valence-corrected chi connectivity index (χ2v) is 6.72. The van der Waals surface area contributed by atoms with Gasteiger partial charge in [-0.1, -0.05) is 30.3 Å². The molecule has 0 spiro atoms. The van der Waals surface area contributed by atoms with Crippen LogP contribution in [0.5, 0.6) is 0 Å². The number of hydrogen-bond donors (Lipinski definition) is 1. The standard InChI is InChI=1S/C19H27N5O/c1-3-24(19(25)20-18-10-11-22(2)21-18)15-17-9-12-23(14-17)13-16-7-5-4-6-8-16/h4-8,10-11,17H,3,9,12-15H2,1-2H3,(H,20,21,25). The fourth-order valence-electron chi connectivity index (χ4n) is 3.38. The van der Waals surface area contributed by atoms with Crippen LogP contribution in [-0.4, -0.2) is 51.8 Å². The minimum atomic E-state index is -0.0669. The van der Waals surface area contributed by atoms with Crippen molar-refractivity contribution in [3.63, 3.8) is 0 Å². The number of likely N-dealkylation sites (tertiary alicyclic amines) is 1. The average Bonchev–Trinajstić information content (AvgIpc) is 3.22. The number of carbonyl (C=O) groups is 1. The van der Waals surface area contributed by atoms with Crippen molar-refractivity contribution in [3.05, 3.63) is 48.2 Å². The fourth-order valence-corrected chi connectivity index (χ4v) is 3.38. The summed E-state index contributed by atoms with van der Waals surface area (Å²) in [6.45, 7) is 6.65. The van der Waals surface area contributed by atoms with Gasteiger partial charge in [0.1, 0.15) is 0 Å². The summed E-state index contributed by atoms with van der Waals surface area (Å²) in [7, 11) is 1.84. The zero-order chi connectivity index (χ0) is 17.6. The third-order valence-corrected chi connectivity index (χ3v) is 4.72. The van der Waals surface area contributed by atoms with Gasteiger partial charge in [-0.2, -0.15) is 5.10 Å². The van der Waals surface area contributed by atoms with Crippen molar-refractivity contribution in [2.45, 2.75) is 19.9 Å². The third kappa shape index (κ3) is 4.82. The first-order valence-electron chi connectivity index (χ1n) is 8.96. The second-order valence-electron chi connectivity index (χ2n) is 6.72. The molecule has 0 radical (unpaired) electrons. The number of anilines is 1. The molecular weight excluding hydrogens is 314 g/mol. The molecule has 2 amide bonds. The lowest BCUT2D eigenvalue weighted by Crippen LogP contribution is -2.39. The predicted molar refractivity (Wildman–Crippen MR) is 99.3 cm³/mol. The van der Waals surface area contributed by atoms with Crippen LogP contribution in [0.4, 0.5) is 10.6 Å². The summed E-state index contributed by atoms with van der Waals surface area (Å²) in [5.41, 5.74) is 1.35. The molecule has 134 valence electrons. The summed E-state index contributed by atoms with van der Waals surface area (Å²) in [5.74, 6) is 1.13. The Bertz CT molecular complexity index is 684. The topological polar surface area (TPSA) is 53.4 Å². The molecule has 1 fully saturated rings. The van der Waals surface area contributed by atoms with Gasteiger partial charge in [-0.05, 0) is 31.4 Å². The molecule has 3 rings (SSSR count). The zero-order valence-electron chi connectivity index (χ0n) is 15.1. The van der Waals surface area contributed by atoms with E-state index in [0.717, 1.165) is 32.6 Å². The Morgan fingerprint density at radius 2 is 2.12 bits per heavy atom. The molecule has 2 aromatic rings. The number of aromatic nitrogens is 2. The number of nitrogens with one attached hydrogen (secondary N) is 1. The van der Waals surface area contributed by atoms with E-state index >= 15 is 0 Å². The number of amides is 2. The van der Waals surface area contributed by atoms with Crippen LogP contribution in [0.15, 0.2) is 42.6 Å². The molecular formula is C19H27N5O. The van der Waals surface area contributed by atoms with Crippen molar-refractivity contribution in [3.8, 4) is 0 Å². The lowest BCUT2D eigenvalue weighted by atomic mass is 10.1. The molecule has 1 N–H and O–H groups in total. The average molecular weight is 341 g/mol. The van der Waals surface area contributed by atoms with E-state index in [0.29, 0.717) is 18.3 Å². The van der Waals surface area contributed by atoms with Crippen molar-refractivity contribution >= 4 is 11.8 Å². The summed E-state index contributed by atoms with van der Waals surface area (Å²) in [4.78, 5) is 16.8. The number of rotatable bonds is 6. The molecule has 1 saturated heterocycles. The number of benzene rings is 1. The molecule has 6 heteroatoms. The molecule has 6 nitrogen and oxygen atoms in total. The van der Waals surface area contributed by atoms with Gasteiger partial charge >= 0.3 is 6.03 Å². The molecule has 25 heavy (non-hydrogen) atoms. The molecule has 1 aliphatic heterocycles. The lowest BCUT2D eigenvalue weighted by molar-refractivity contribution is 0.203. The molecule has 1 atom stereocenters. The first kappa shape index (κ1) is 17.5. The number of nitrogens with zero attached hydrogens (tertiary/aromatic N) is 4. The van der Waals surface area contributed by atoms with Gasteiger partial charge in [0.15, 0.2) is 5.82 Å². The highest BCUT2D eigenvalue weighted by molar-refractivity contribution is 5.88. The Labute approximate surface area is 149 Å². The van der Waals surface area contributed by atoms with E-state index in [1.807, 2.05) is 31.1 Å². The van der Waals surface area contributed by atoms with Crippen molar-refractivity contribution in [1.82, 2.24) is 19.6 Å². The first-order valence-corrected chi connectivity index (χ1v) is 8.96. The van der Waals surface area contributed by atoms with Crippen LogP contribution in [0.2, 0.25) is 0 Å². The first-order chi connectivity index (χ1) is 12.1. The van der Waals surface area contributed by atoms with Crippen LogP contribution < -0.4 is 5.32 Å². The molecule has 0 aliphatic carbocycles. The van der Waals surface area contributed by atoms with Gasteiger partial charge in [-0.3, -0.25) is 14.9 Å². The predicted octanol–water partition coefficient (Wildman–Crippen LogP) is 2.80. The molecule has 1 aromatic heterocycles. The van der Waals surface area contributed by atoms with E-state index in [4.69, 9.17) is 0 Å². The van der Waals surface area contributed by atoms with Gasteiger partial charge in [0.2, 0.25) is 0 Å². The van der Waals surface area contributed by atoms with Crippen molar-refractivity contribution in [2.24, 2.45) is 13.0 Å². The van der Waals surface area contributed by atoms with Gasteiger partial charge in [0, 0.05) is 45.5 Å². The van der Waals surface area contributed by atoms with Crippen LogP contribution in [-0.2, 0) is 13.6 Å². The Kier molecular flexibility index (Phi) is 5.71. The van der Waals surface area contributed by atoms with Crippen molar-refractivity contribution < 1.29 is 4.79 Å². The van der Waals surface area contributed by atoms with E-state index < -0.39 is 0 Å². The van der Waals surface area contributed by atoms with Gasteiger partial charge in [0.05, 0.1) is 0 Å². The minimum Gasteiger partial charge on any atom is -0.324 e. The smallest absolute Gasteiger partial charge is 0.323 e. The van der Waals surface area contributed by atoms with Crippen LogP contribution in [0, 0.1) is 5.92 Å². The second kappa shape index (κ2) is 8.16. The minimum absolute atomic E-state index is 0.0669. The summed E-state index contributed by atoms with van der Waals surface area (Å²) < 4.78 is 1.68. The van der Waals surface area contributed by atoms with Crippen LogP contribution >= 0.6 is 0 Å². The summed E-state index contributed by atoms with van der Waals surface area (Å²) in [5, 5.41) is 7.09. The molecule has 1 aliphatic rings. The van der Waals surface area contributed by atoms with Crippen LogP contribution in [0.25, 0.3) is 0 Å². The highest BCUT2D eigenvalue weighted by Crippen LogP contribution is 2.20. The van der Waals surface area contributed by atoms with Crippen molar-refractivity contribution in [1.29, 1.82) is 0 Å². The Morgan fingerprint density at radius 3 is 2.80 bits per heavy atom. The van der Waals surface area contributed by atoms with Gasteiger partial charge in [-0.25, -0.2) is 4.79 Å². The van der Waals surface area contributed by atoms with E-state index in [2.05, 4.69) is 45.6 Å². The molecule has 1 aromatic carbocycles. The maximum Gasteiger partial charge on any atom is 0.323 e. The van der Waals surface area contributed by atoms with E-state index in [1.165, 1.54) is 5.56 Å². The van der Waals surface area contributed by atoms with E-state index in [-0.39, 0.29) is 6.03 Å². The van der Waals surface area contributed by atoms with Crippen molar-refractivity contribution in [2.75, 3.05) is 31.5 Å². The maximum atomic E-state index is 12.5. The number of carbonyl (C=O) groups excluding carboxylic acids is 1. The summed E-state index contributed by atoms with van der Waals surface area (Å²) in [6, 6.07) is 12.3. The maximum absolute atomic E-state index is 12.5. The number of aryl methyl sites for hydroxylation is 1. The largest absolute Gasteiger partial charge is 0.324 e. The molecule has 0 bridgehead atoms. The SMILES string of the molecule is CCN(CC1CCN(Cc2ccccc2)C1)C(=O)Nc1ccn(C)n1. The fraction of sp³-hybridized carbons (Fsp3) is 0.474. The highest BCUT2D eigenvalue weighted by Gasteiger charge is 2.26. The summed E-state index contributed by atoms with van der Waals surface area (Å²) >= 11 is 0. The van der Waals surface area contributed by atoms with Crippen LogP contribution in [0.1, 0.15) is 18.9 Å². The zero-order valence-corrected chi connectivity index (χ0v) is 15.1. The van der Waals surface area contributed by atoms with Gasteiger partial charge < -0.3 is 4.90 Å². The normalized spacial score (nSPS) is 17.6. The quantitative estimate of drug-likeness (QED) is 0.879. The highest BCUT2D eigenvalue weighted by atomic mass is 16.2.